The molecule has 0 saturated carbocycles. The second kappa shape index (κ2) is 5.60. The summed E-state index contributed by atoms with van der Waals surface area (Å²) in [6.07, 6.45) is 8.81. The highest BCUT2D eigenvalue weighted by atomic mass is 16.5. The molecule has 1 aliphatic rings. The summed E-state index contributed by atoms with van der Waals surface area (Å²) in [5, 5.41) is 0. The molecule has 0 bridgehead atoms. The molecule has 1 aromatic heterocycles. The van der Waals surface area contributed by atoms with Crippen molar-refractivity contribution in [1.82, 2.24) is 4.98 Å². The molecule has 0 amide bonds. The summed E-state index contributed by atoms with van der Waals surface area (Å²) in [5.41, 5.74) is 3.84. The van der Waals surface area contributed by atoms with Gasteiger partial charge in [-0.25, -0.2) is 0 Å². The molecule has 0 radical (unpaired) electrons. The minimum atomic E-state index is 0.0805. The van der Waals surface area contributed by atoms with Gasteiger partial charge >= 0.3 is 0 Å². The lowest BCUT2D eigenvalue weighted by Gasteiger charge is -2.28. The molecule has 0 atom stereocenters. The average molecular weight is 257 g/mol. The fourth-order valence-corrected chi connectivity index (χ4v) is 2.27. The van der Waals surface area contributed by atoms with Gasteiger partial charge in [-0.05, 0) is 41.0 Å². The van der Waals surface area contributed by atoms with Gasteiger partial charge in [0, 0.05) is 11.9 Å². The first-order valence-electron chi connectivity index (χ1n) is 6.91. The molecule has 0 fully saturated rings. The molecule has 2 heterocycles. The largest absolute Gasteiger partial charge is 0.497 e. The summed E-state index contributed by atoms with van der Waals surface area (Å²) >= 11 is 0. The van der Waals surface area contributed by atoms with Crippen molar-refractivity contribution in [3.63, 3.8) is 0 Å². The Hall–Kier alpha value is -1.57. The molecule has 0 spiro atoms. The van der Waals surface area contributed by atoms with Gasteiger partial charge in [-0.2, -0.15) is 0 Å². The number of aromatic nitrogens is 1. The van der Waals surface area contributed by atoms with Crippen LogP contribution in [0.4, 0.5) is 0 Å². The number of nitrogens with zero attached hydrogens (tertiary/aromatic N) is 1. The molecule has 2 heteroatoms. The van der Waals surface area contributed by atoms with Crippen molar-refractivity contribution in [1.29, 1.82) is 0 Å². The Bertz CT molecular complexity index is 480. The fourth-order valence-electron chi connectivity index (χ4n) is 2.27. The summed E-state index contributed by atoms with van der Waals surface area (Å²) in [6.45, 7) is 9.57. The highest BCUT2D eigenvalue weighted by Crippen LogP contribution is 2.31. The molecule has 0 N–H and O–H groups in total. The van der Waals surface area contributed by atoms with E-state index in [0.29, 0.717) is 12.5 Å². The van der Waals surface area contributed by atoms with E-state index in [9.17, 15) is 0 Å². The Morgan fingerprint density at radius 3 is 2.63 bits per heavy atom. The van der Waals surface area contributed by atoms with Gasteiger partial charge in [-0.1, -0.05) is 39.8 Å². The molecular weight excluding hydrogens is 234 g/mol. The van der Waals surface area contributed by atoms with Gasteiger partial charge in [0.05, 0.1) is 6.26 Å². The van der Waals surface area contributed by atoms with E-state index in [1.165, 1.54) is 11.1 Å². The van der Waals surface area contributed by atoms with Gasteiger partial charge in [0.25, 0.3) is 0 Å². The molecule has 0 aromatic carbocycles. The Balaban J connectivity index is 2.11. The average Bonchev–Trinajstić information content (AvgIpc) is 2.40. The van der Waals surface area contributed by atoms with Gasteiger partial charge in [-0.3, -0.25) is 4.98 Å². The summed E-state index contributed by atoms with van der Waals surface area (Å²) in [6, 6.07) is 4.34. The second-order valence-corrected chi connectivity index (χ2v) is 6.13. The van der Waals surface area contributed by atoms with Crippen LogP contribution in [0.2, 0.25) is 0 Å². The molecule has 1 aliphatic heterocycles. The number of hydrogen-bond acceptors (Lipinski definition) is 2. The van der Waals surface area contributed by atoms with Crippen molar-refractivity contribution in [3.05, 3.63) is 53.6 Å². The third-order valence-corrected chi connectivity index (χ3v) is 3.72. The first-order chi connectivity index (χ1) is 8.99. The summed E-state index contributed by atoms with van der Waals surface area (Å²) in [5.74, 6) is 0.536. The maximum absolute atomic E-state index is 5.39. The minimum absolute atomic E-state index is 0.0805. The molecular formula is C17H23NO. The van der Waals surface area contributed by atoms with Crippen molar-refractivity contribution in [2.75, 3.05) is 6.61 Å². The van der Waals surface area contributed by atoms with Crippen LogP contribution in [0.1, 0.15) is 44.9 Å². The van der Waals surface area contributed by atoms with Crippen LogP contribution >= 0.6 is 0 Å². The fraction of sp³-hybridized carbons (Fsp3) is 0.471. The topological polar surface area (TPSA) is 22.1 Å². The first-order valence-corrected chi connectivity index (χ1v) is 6.91. The Labute approximate surface area is 116 Å². The summed E-state index contributed by atoms with van der Waals surface area (Å²) in [7, 11) is 0. The third-order valence-electron chi connectivity index (χ3n) is 3.72. The van der Waals surface area contributed by atoms with E-state index in [1.54, 1.807) is 6.26 Å². The molecule has 0 unspecified atom stereocenters. The lowest BCUT2D eigenvalue weighted by Crippen LogP contribution is -2.22. The van der Waals surface area contributed by atoms with E-state index in [4.69, 9.17) is 4.74 Å². The van der Waals surface area contributed by atoms with E-state index in [0.717, 1.165) is 12.1 Å². The van der Waals surface area contributed by atoms with E-state index in [-0.39, 0.29) is 5.41 Å². The molecule has 2 rings (SSSR count). The maximum atomic E-state index is 5.39. The number of hydrogen-bond donors (Lipinski definition) is 0. The van der Waals surface area contributed by atoms with E-state index in [1.807, 2.05) is 12.3 Å². The monoisotopic (exact) mass is 257 g/mol. The zero-order valence-corrected chi connectivity index (χ0v) is 12.3. The van der Waals surface area contributed by atoms with Crippen LogP contribution in [0.25, 0.3) is 0 Å². The smallest absolute Gasteiger partial charge is 0.109 e. The number of pyridine rings is 1. The second-order valence-electron chi connectivity index (χ2n) is 6.13. The predicted molar refractivity (Wildman–Crippen MR) is 79.0 cm³/mol. The zero-order chi connectivity index (χ0) is 13.9. The van der Waals surface area contributed by atoms with E-state index < -0.39 is 0 Å². The first kappa shape index (κ1) is 13.9. The molecule has 19 heavy (non-hydrogen) atoms. The standard InChI is InChI=1S/C17H23NO/c1-13(2)14-7-8-16(18-11-14)10-17(3,4)15-6-5-9-19-12-15/h5-9,11,13H,10,12H2,1-4H3. The SMILES string of the molecule is CC(C)c1ccc(CC(C)(C)C2=CC=COC2)nc1. The molecule has 1 aromatic rings. The number of ether oxygens (including phenoxy) is 1. The normalized spacial score (nSPS) is 15.3. The molecule has 0 aliphatic carbocycles. The maximum Gasteiger partial charge on any atom is 0.109 e. The van der Waals surface area contributed by atoms with Crippen LogP contribution in [0, 0.1) is 5.41 Å². The Morgan fingerprint density at radius 2 is 2.11 bits per heavy atom. The van der Waals surface area contributed by atoms with Crippen molar-refractivity contribution in [2.24, 2.45) is 5.41 Å². The lowest BCUT2D eigenvalue weighted by atomic mass is 9.79. The van der Waals surface area contributed by atoms with Gasteiger partial charge in [-0.15, -0.1) is 0 Å². The zero-order valence-electron chi connectivity index (χ0n) is 12.3. The lowest BCUT2D eigenvalue weighted by molar-refractivity contribution is 0.243. The van der Waals surface area contributed by atoms with Crippen molar-refractivity contribution in [3.8, 4) is 0 Å². The van der Waals surface area contributed by atoms with E-state index >= 15 is 0 Å². The molecule has 0 saturated heterocycles. The Kier molecular flexibility index (Phi) is 4.08. The van der Waals surface area contributed by atoms with Crippen molar-refractivity contribution >= 4 is 0 Å². The van der Waals surface area contributed by atoms with Gasteiger partial charge in [0.15, 0.2) is 0 Å². The minimum Gasteiger partial charge on any atom is -0.497 e. The van der Waals surface area contributed by atoms with Gasteiger partial charge in [0.1, 0.15) is 6.61 Å². The van der Waals surface area contributed by atoms with Crippen LogP contribution < -0.4 is 0 Å². The highest BCUT2D eigenvalue weighted by molar-refractivity contribution is 5.25. The van der Waals surface area contributed by atoms with Crippen LogP contribution in [0.5, 0.6) is 0 Å². The Morgan fingerprint density at radius 1 is 1.32 bits per heavy atom. The third kappa shape index (κ3) is 3.46. The van der Waals surface area contributed by atoms with E-state index in [2.05, 4.69) is 50.9 Å². The summed E-state index contributed by atoms with van der Waals surface area (Å²) in [4.78, 5) is 4.59. The van der Waals surface area contributed by atoms with Crippen molar-refractivity contribution in [2.45, 2.75) is 40.0 Å². The molecule has 2 nitrogen and oxygen atoms in total. The van der Waals surface area contributed by atoms with Crippen LogP contribution in [-0.4, -0.2) is 11.6 Å². The van der Waals surface area contributed by atoms with Crippen LogP contribution in [0.3, 0.4) is 0 Å². The molecule has 102 valence electrons. The quantitative estimate of drug-likeness (QED) is 0.804. The predicted octanol–water partition coefficient (Wildman–Crippen LogP) is 4.24. The van der Waals surface area contributed by atoms with Gasteiger partial charge < -0.3 is 4.74 Å². The van der Waals surface area contributed by atoms with Gasteiger partial charge in [0.2, 0.25) is 0 Å². The number of allylic oxidation sites excluding steroid dienone is 2. The summed E-state index contributed by atoms with van der Waals surface area (Å²) < 4.78 is 5.39. The highest BCUT2D eigenvalue weighted by Gasteiger charge is 2.25. The number of rotatable bonds is 4. The van der Waals surface area contributed by atoms with Crippen LogP contribution in [-0.2, 0) is 11.2 Å². The van der Waals surface area contributed by atoms with Crippen LogP contribution in [0.15, 0.2) is 42.3 Å². The van der Waals surface area contributed by atoms with Crippen molar-refractivity contribution < 1.29 is 4.74 Å².